The van der Waals surface area contributed by atoms with Gasteiger partial charge in [0.25, 0.3) is 0 Å². The highest BCUT2D eigenvalue weighted by molar-refractivity contribution is 7.80. The Hall–Kier alpha value is -2.12. The van der Waals surface area contributed by atoms with Gasteiger partial charge < -0.3 is 19.5 Å². The Morgan fingerprint density at radius 1 is 1.17 bits per heavy atom. The van der Waals surface area contributed by atoms with Crippen LogP contribution in [0.4, 0.5) is 0 Å². The molecule has 4 rings (SSSR count). The van der Waals surface area contributed by atoms with Gasteiger partial charge in [0.1, 0.15) is 17.6 Å². The monoisotopic (exact) mass is 460 g/mol. The summed E-state index contributed by atoms with van der Waals surface area (Å²) in [7, 11) is 4.09. The zero-order chi connectivity index (χ0) is 21.3. The zero-order valence-electron chi connectivity index (χ0n) is 16.7. The van der Waals surface area contributed by atoms with E-state index in [0.717, 1.165) is 30.1 Å². The number of rotatable bonds is 6. The molecule has 3 aromatic rings. The number of halogens is 2. The van der Waals surface area contributed by atoms with Crippen molar-refractivity contribution in [1.82, 2.24) is 20.1 Å². The van der Waals surface area contributed by atoms with Crippen LogP contribution in [0.15, 0.2) is 59.1 Å². The van der Waals surface area contributed by atoms with Gasteiger partial charge in [-0.15, -0.1) is 0 Å². The molecule has 3 heterocycles. The average Bonchev–Trinajstić information content (AvgIpc) is 3.31. The summed E-state index contributed by atoms with van der Waals surface area (Å²) in [6.07, 6.45) is 1.79. The van der Waals surface area contributed by atoms with Crippen molar-refractivity contribution in [3.8, 4) is 11.3 Å². The molecular formula is C22H22Cl2N4OS. The maximum atomic E-state index is 6.39. The van der Waals surface area contributed by atoms with E-state index in [2.05, 4.69) is 20.1 Å². The number of nitrogens with zero attached hydrogens (tertiary/aromatic N) is 3. The van der Waals surface area contributed by atoms with E-state index in [1.165, 1.54) is 0 Å². The van der Waals surface area contributed by atoms with E-state index in [9.17, 15) is 0 Å². The minimum absolute atomic E-state index is 0.111. The van der Waals surface area contributed by atoms with Crippen molar-refractivity contribution >= 4 is 40.5 Å². The minimum Gasteiger partial charge on any atom is -0.459 e. The van der Waals surface area contributed by atoms with Crippen molar-refractivity contribution < 1.29 is 4.42 Å². The highest BCUT2D eigenvalue weighted by Gasteiger charge is 2.41. The Labute approximate surface area is 191 Å². The fraction of sp³-hybridized carbons (Fsp3) is 0.273. The molecule has 0 bridgehead atoms. The number of nitrogens with one attached hydrogen (secondary N) is 1. The van der Waals surface area contributed by atoms with Crippen molar-refractivity contribution in [3.63, 3.8) is 0 Å². The first-order valence-corrected chi connectivity index (χ1v) is 10.8. The summed E-state index contributed by atoms with van der Waals surface area (Å²) in [6.45, 7) is 1.63. The molecule has 5 nitrogen and oxygen atoms in total. The lowest BCUT2D eigenvalue weighted by molar-refractivity contribution is 0.250. The van der Waals surface area contributed by atoms with Gasteiger partial charge in [-0.3, -0.25) is 4.98 Å². The molecule has 2 atom stereocenters. The first kappa shape index (κ1) is 21.1. The largest absolute Gasteiger partial charge is 0.459 e. The third-order valence-corrected chi connectivity index (χ3v) is 6.00. The number of benzene rings is 1. The first-order valence-electron chi connectivity index (χ1n) is 9.62. The first-order chi connectivity index (χ1) is 14.4. The SMILES string of the molecule is CN(C)CCN1C(=S)N[C@H](c2ccccn2)[C@H]1c1ccc(-c2ccc(Cl)cc2Cl)o1. The van der Waals surface area contributed by atoms with Crippen LogP contribution in [0, 0.1) is 0 Å². The van der Waals surface area contributed by atoms with Gasteiger partial charge in [0.15, 0.2) is 5.11 Å². The van der Waals surface area contributed by atoms with E-state index in [-0.39, 0.29) is 12.1 Å². The lowest BCUT2D eigenvalue weighted by Gasteiger charge is -2.27. The van der Waals surface area contributed by atoms with Crippen LogP contribution < -0.4 is 5.32 Å². The van der Waals surface area contributed by atoms with Crippen LogP contribution in [0.5, 0.6) is 0 Å². The average molecular weight is 461 g/mol. The van der Waals surface area contributed by atoms with Gasteiger partial charge >= 0.3 is 0 Å². The molecule has 0 spiro atoms. The molecule has 0 saturated carbocycles. The van der Waals surface area contributed by atoms with Gasteiger partial charge in [-0.1, -0.05) is 29.3 Å². The van der Waals surface area contributed by atoms with Gasteiger partial charge in [-0.25, -0.2) is 0 Å². The second-order valence-corrected chi connectivity index (χ2v) is 8.68. The number of aromatic nitrogens is 1. The van der Waals surface area contributed by atoms with Crippen molar-refractivity contribution in [3.05, 3.63) is 76.2 Å². The van der Waals surface area contributed by atoms with Crippen molar-refractivity contribution in [2.45, 2.75) is 12.1 Å². The molecule has 156 valence electrons. The van der Waals surface area contributed by atoms with Crippen LogP contribution in [-0.2, 0) is 0 Å². The second-order valence-electron chi connectivity index (χ2n) is 7.45. The molecule has 0 aliphatic carbocycles. The maximum Gasteiger partial charge on any atom is 0.170 e. The molecule has 1 aromatic carbocycles. The van der Waals surface area contributed by atoms with Crippen LogP contribution >= 0.6 is 35.4 Å². The van der Waals surface area contributed by atoms with Gasteiger partial charge in [-0.2, -0.15) is 0 Å². The lowest BCUT2D eigenvalue weighted by atomic mass is 10.0. The molecule has 1 N–H and O–H groups in total. The third-order valence-electron chi connectivity index (χ3n) is 5.10. The normalized spacial score (nSPS) is 18.8. The fourth-order valence-corrected chi connectivity index (χ4v) is 4.44. The predicted molar refractivity (Wildman–Crippen MR) is 125 cm³/mol. The summed E-state index contributed by atoms with van der Waals surface area (Å²) in [5.74, 6) is 1.49. The molecule has 0 radical (unpaired) electrons. The number of hydrogen-bond acceptors (Lipinski definition) is 4. The molecule has 8 heteroatoms. The molecule has 1 aliphatic rings. The number of thiocarbonyl (C=S) groups is 1. The molecule has 1 saturated heterocycles. The summed E-state index contributed by atoms with van der Waals surface area (Å²) in [5.41, 5.74) is 1.72. The van der Waals surface area contributed by atoms with Crippen LogP contribution in [0.1, 0.15) is 23.5 Å². The van der Waals surface area contributed by atoms with Crippen molar-refractivity contribution in [2.24, 2.45) is 0 Å². The highest BCUT2D eigenvalue weighted by Crippen LogP contribution is 2.41. The third kappa shape index (κ3) is 4.32. The molecule has 30 heavy (non-hydrogen) atoms. The van der Waals surface area contributed by atoms with Crippen LogP contribution in [-0.4, -0.2) is 47.1 Å². The van der Waals surface area contributed by atoms with Gasteiger partial charge in [-0.05, 0) is 68.8 Å². The summed E-state index contributed by atoms with van der Waals surface area (Å²) < 4.78 is 6.30. The van der Waals surface area contributed by atoms with Gasteiger partial charge in [0, 0.05) is 29.9 Å². The standard InChI is InChI=1S/C22H22Cl2N4OS/c1-27(2)11-12-28-21(20(26-22(28)30)17-5-3-4-10-25-17)19-9-8-18(29-19)15-7-6-14(23)13-16(15)24/h3-10,13,20-21H,11-12H2,1-2H3,(H,26,30)/t20-,21-/m1/s1. The number of pyridine rings is 1. The number of hydrogen-bond donors (Lipinski definition) is 1. The Morgan fingerprint density at radius 2 is 2.00 bits per heavy atom. The van der Waals surface area contributed by atoms with E-state index in [4.69, 9.17) is 39.8 Å². The van der Waals surface area contributed by atoms with Crippen LogP contribution in [0.25, 0.3) is 11.3 Å². The number of furan rings is 1. The zero-order valence-corrected chi connectivity index (χ0v) is 19.0. The van der Waals surface area contributed by atoms with E-state index < -0.39 is 0 Å². The second kappa shape index (κ2) is 8.94. The molecule has 1 fully saturated rings. The van der Waals surface area contributed by atoms with E-state index in [0.29, 0.717) is 20.9 Å². The van der Waals surface area contributed by atoms with Crippen LogP contribution in [0.3, 0.4) is 0 Å². The van der Waals surface area contributed by atoms with Crippen molar-refractivity contribution in [2.75, 3.05) is 27.2 Å². The van der Waals surface area contributed by atoms with E-state index >= 15 is 0 Å². The Morgan fingerprint density at radius 3 is 2.70 bits per heavy atom. The van der Waals surface area contributed by atoms with E-state index in [1.54, 1.807) is 18.3 Å². The Bertz CT molecular complexity index is 1040. The summed E-state index contributed by atoms with van der Waals surface area (Å²) in [6, 6.07) is 15.0. The minimum atomic E-state index is -0.118. The van der Waals surface area contributed by atoms with Gasteiger partial charge in [0.05, 0.1) is 16.8 Å². The fourth-order valence-electron chi connectivity index (χ4n) is 3.61. The molecular weight excluding hydrogens is 439 g/mol. The quantitative estimate of drug-likeness (QED) is 0.511. The number of likely N-dealkylation sites (N-methyl/N-ethyl adjacent to an activating group) is 1. The Balaban J connectivity index is 1.71. The lowest BCUT2D eigenvalue weighted by Crippen LogP contribution is -2.35. The topological polar surface area (TPSA) is 44.5 Å². The molecule has 2 aromatic heterocycles. The van der Waals surface area contributed by atoms with Crippen molar-refractivity contribution in [1.29, 1.82) is 0 Å². The van der Waals surface area contributed by atoms with Crippen LogP contribution in [0.2, 0.25) is 10.0 Å². The van der Waals surface area contributed by atoms with E-state index in [1.807, 2.05) is 50.5 Å². The molecule has 0 unspecified atom stereocenters. The highest BCUT2D eigenvalue weighted by atomic mass is 35.5. The summed E-state index contributed by atoms with van der Waals surface area (Å²) >= 11 is 18.1. The molecule has 0 amide bonds. The maximum absolute atomic E-state index is 6.39. The smallest absolute Gasteiger partial charge is 0.170 e. The predicted octanol–water partition coefficient (Wildman–Crippen LogP) is 5.18. The summed E-state index contributed by atoms with van der Waals surface area (Å²) in [5, 5.41) is 5.27. The molecule has 1 aliphatic heterocycles. The van der Waals surface area contributed by atoms with Gasteiger partial charge in [0.2, 0.25) is 0 Å². The Kier molecular flexibility index (Phi) is 6.29. The summed E-state index contributed by atoms with van der Waals surface area (Å²) in [4.78, 5) is 8.85.